The molecule has 23 heavy (non-hydrogen) atoms. The van der Waals surface area contributed by atoms with Gasteiger partial charge in [0.1, 0.15) is 0 Å². The Balaban J connectivity index is 1.27. The summed E-state index contributed by atoms with van der Waals surface area (Å²) in [5.41, 5.74) is 8.53. The second-order valence-electron chi connectivity index (χ2n) is 7.29. The SMILES string of the molecule is NC1CCC2(CC1)CC2C(=O)NCCc1ccc2cn[nH]c2c1. The van der Waals surface area contributed by atoms with E-state index < -0.39 is 0 Å². The van der Waals surface area contributed by atoms with Crippen molar-refractivity contribution in [2.45, 2.75) is 44.6 Å². The molecule has 5 heteroatoms. The maximum Gasteiger partial charge on any atom is 0.223 e. The smallest absolute Gasteiger partial charge is 0.223 e. The van der Waals surface area contributed by atoms with Crippen molar-refractivity contribution >= 4 is 16.8 Å². The number of carbonyl (C=O) groups excluding carboxylic acids is 1. The minimum atomic E-state index is 0.227. The third kappa shape index (κ3) is 2.85. The van der Waals surface area contributed by atoms with Crippen molar-refractivity contribution in [2.24, 2.45) is 17.1 Å². The number of nitrogens with zero attached hydrogens (tertiary/aromatic N) is 1. The maximum absolute atomic E-state index is 12.4. The lowest BCUT2D eigenvalue weighted by atomic mass is 9.82. The summed E-state index contributed by atoms with van der Waals surface area (Å²) in [6.07, 6.45) is 8.15. The van der Waals surface area contributed by atoms with Gasteiger partial charge in [-0.25, -0.2) is 0 Å². The number of carbonyl (C=O) groups is 1. The number of nitrogens with two attached hydrogens (primary N) is 1. The van der Waals surface area contributed by atoms with Crippen molar-refractivity contribution in [3.63, 3.8) is 0 Å². The normalized spacial score (nSPS) is 29.8. The summed E-state index contributed by atoms with van der Waals surface area (Å²) in [6, 6.07) is 6.63. The molecule has 0 bridgehead atoms. The number of nitrogens with one attached hydrogen (secondary N) is 2. The zero-order chi connectivity index (χ0) is 15.9. The van der Waals surface area contributed by atoms with Gasteiger partial charge in [0.2, 0.25) is 5.91 Å². The molecule has 2 aliphatic rings. The van der Waals surface area contributed by atoms with E-state index in [9.17, 15) is 4.79 Å². The number of rotatable bonds is 4. The zero-order valence-electron chi connectivity index (χ0n) is 13.3. The van der Waals surface area contributed by atoms with Gasteiger partial charge in [-0.15, -0.1) is 0 Å². The van der Waals surface area contributed by atoms with E-state index >= 15 is 0 Å². The molecule has 0 saturated heterocycles. The topological polar surface area (TPSA) is 83.8 Å². The standard InChI is InChI=1S/C18H24N4O/c19-14-3-6-18(7-4-14)10-15(18)17(23)20-8-5-12-1-2-13-11-21-22-16(13)9-12/h1-2,9,11,14-15H,3-8,10,19H2,(H,20,23)(H,21,22). The molecule has 1 aromatic heterocycles. The van der Waals surface area contributed by atoms with Gasteiger partial charge in [-0.05, 0) is 55.6 Å². The molecule has 1 spiro atoms. The highest BCUT2D eigenvalue weighted by Crippen LogP contribution is 2.61. The second kappa shape index (κ2) is 5.64. The molecule has 2 saturated carbocycles. The van der Waals surface area contributed by atoms with Crippen LogP contribution in [0.25, 0.3) is 10.9 Å². The first-order valence-electron chi connectivity index (χ1n) is 8.62. The lowest BCUT2D eigenvalue weighted by Gasteiger charge is -2.26. The average molecular weight is 312 g/mol. The number of fused-ring (bicyclic) bond motifs is 1. The molecule has 1 unspecified atom stereocenters. The van der Waals surface area contributed by atoms with Gasteiger partial charge in [0.05, 0.1) is 11.7 Å². The van der Waals surface area contributed by atoms with Crippen LogP contribution in [0.5, 0.6) is 0 Å². The Bertz CT molecular complexity index is 715. The van der Waals surface area contributed by atoms with Crippen LogP contribution in [0.1, 0.15) is 37.7 Å². The molecule has 2 fully saturated rings. The van der Waals surface area contributed by atoms with E-state index in [1.54, 1.807) is 0 Å². The second-order valence-corrected chi connectivity index (χ2v) is 7.29. The van der Waals surface area contributed by atoms with Crippen LogP contribution in [0.15, 0.2) is 24.4 Å². The summed E-state index contributed by atoms with van der Waals surface area (Å²) in [4.78, 5) is 12.4. The van der Waals surface area contributed by atoms with Crippen molar-refractivity contribution in [3.8, 4) is 0 Å². The van der Waals surface area contributed by atoms with Crippen LogP contribution in [0, 0.1) is 11.3 Å². The molecular formula is C18H24N4O. The molecular weight excluding hydrogens is 288 g/mol. The first kappa shape index (κ1) is 14.7. The molecule has 0 aliphatic heterocycles. The predicted octanol–water partition coefficient (Wildman–Crippen LogP) is 2.13. The molecule has 4 rings (SSSR count). The summed E-state index contributed by atoms with van der Waals surface area (Å²) < 4.78 is 0. The fourth-order valence-electron chi connectivity index (χ4n) is 4.08. The molecule has 1 heterocycles. The van der Waals surface area contributed by atoms with Gasteiger partial charge in [-0.2, -0.15) is 5.10 Å². The van der Waals surface area contributed by atoms with Crippen LogP contribution in [0.2, 0.25) is 0 Å². The van der Waals surface area contributed by atoms with Crippen molar-refractivity contribution in [2.75, 3.05) is 6.54 Å². The monoisotopic (exact) mass is 312 g/mol. The lowest BCUT2D eigenvalue weighted by Crippen LogP contribution is -2.32. The highest BCUT2D eigenvalue weighted by molar-refractivity contribution is 5.82. The van der Waals surface area contributed by atoms with Crippen molar-refractivity contribution in [3.05, 3.63) is 30.0 Å². The summed E-state index contributed by atoms with van der Waals surface area (Å²) in [7, 11) is 0. The number of H-pyrrole nitrogens is 1. The number of aromatic amines is 1. The molecule has 5 nitrogen and oxygen atoms in total. The Morgan fingerprint density at radius 2 is 2.22 bits per heavy atom. The number of amides is 1. The highest BCUT2D eigenvalue weighted by Gasteiger charge is 2.58. The van der Waals surface area contributed by atoms with Gasteiger partial charge >= 0.3 is 0 Å². The molecule has 122 valence electrons. The van der Waals surface area contributed by atoms with Crippen LogP contribution in [0.3, 0.4) is 0 Å². The number of hydrogen-bond donors (Lipinski definition) is 3. The van der Waals surface area contributed by atoms with Gasteiger partial charge in [0.15, 0.2) is 0 Å². The zero-order valence-corrected chi connectivity index (χ0v) is 13.3. The van der Waals surface area contributed by atoms with Gasteiger partial charge in [-0.3, -0.25) is 9.89 Å². The summed E-state index contributed by atoms with van der Waals surface area (Å²) >= 11 is 0. The molecule has 1 aromatic carbocycles. The van der Waals surface area contributed by atoms with Crippen molar-refractivity contribution in [1.29, 1.82) is 0 Å². The van der Waals surface area contributed by atoms with E-state index in [0.717, 1.165) is 49.4 Å². The van der Waals surface area contributed by atoms with Gasteiger partial charge < -0.3 is 11.1 Å². The van der Waals surface area contributed by atoms with Gasteiger partial charge in [0.25, 0.3) is 0 Å². The first-order chi connectivity index (χ1) is 11.2. The molecule has 1 amide bonds. The lowest BCUT2D eigenvalue weighted by molar-refractivity contribution is -0.123. The van der Waals surface area contributed by atoms with E-state index in [2.05, 4.69) is 33.7 Å². The number of aromatic nitrogens is 2. The molecule has 1 atom stereocenters. The third-order valence-electron chi connectivity index (χ3n) is 5.75. The molecule has 4 N–H and O–H groups in total. The minimum Gasteiger partial charge on any atom is -0.356 e. The van der Waals surface area contributed by atoms with E-state index in [0.29, 0.717) is 12.6 Å². The van der Waals surface area contributed by atoms with Gasteiger partial charge in [0, 0.05) is 23.9 Å². The van der Waals surface area contributed by atoms with Crippen LogP contribution in [-0.2, 0) is 11.2 Å². The summed E-state index contributed by atoms with van der Waals surface area (Å²) in [5, 5.41) is 11.3. The Morgan fingerprint density at radius 3 is 3.04 bits per heavy atom. The van der Waals surface area contributed by atoms with Crippen LogP contribution >= 0.6 is 0 Å². The average Bonchev–Trinajstić information content (AvgIpc) is 3.05. The van der Waals surface area contributed by atoms with Crippen LogP contribution in [-0.4, -0.2) is 28.7 Å². The van der Waals surface area contributed by atoms with E-state index in [1.807, 2.05) is 6.20 Å². The molecule has 2 aromatic rings. The van der Waals surface area contributed by atoms with Crippen molar-refractivity contribution in [1.82, 2.24) is 15.5 Å². The Labute approximate surface area is 136 Å². The number of hydrogen-bond acceptors (Lipinski definition) is 3. The third-order valence-corrected chi connectivity index (χ3v) is 5.75. The molecule has 2 aliphatic carbocycles. The van der Waals surface area contributed by atoms with E-state index in [-0.39, 0.29) is 17.2 Å². The molecule has 0 radical (unpaired) electrons. The maximum atomic E-state index is 12.4. The quantitative estimate of drug-likeness (QED) is 0.808. The fraction of sp³-hybridized carbons (Fsp3) is 0.556. The van der Waals surface area contributed by atoms with E-state index in [4.69, 9.17) is 5.73 Å². The van der Waals surface area contributed by atoms with E-state index in [1.165, 1.54) is 5.56 Å². The minimum absolute atomic E-state index is 0.227. The van der Waals surface area contributed by atoms with Crippen LogP contribution < -0.4 is 11.1 Å². The Morgan fingerprint density at radius 1 is 1.39 bits per heavy atom. The first-order valence-corrected chi connectivity index (χ1v) is 8.62. The summed E-state index contributed by atoms with van der Waals surface area (Å²) in [5.74, 6) is 0.466. The Kier molecular flexibility index (Phi) is 3.60. The Hall–Kier alpha value is -1.88. The largest absolute Gasteiger partial charge is 0.356 e. The summed E-state index contributed by atoms with van der Waals surface area (Å²) in [6.45, 7) is 0.699. The highest BCUT2D eigenvalue weighted by atomic mass is 16.2. The predicted molar refractivity (Wildman–Crippen MR) is 89.8 cm³/mol. The fourth-order valence-corrected chi connectivity index (χ4v) is 4.08. The van der Waals surface area contributed by atoms with Crippen molar-refractivity contribution < 1.29 is 4.79 Å². The van der Waals surface area contributed by atoms with Gasteiger partial charge in [-0.1, -0.05) is 12.1 Å². The van der Waals surface area contributed by atoms with Crippen LogP contribution in [0.4, 0.5) is 0 Å². The number of benzene rings is 1.